The van der Waals surface area contributed by atoms with E-state index in [1.807, 2.05) is 6.07 Å². The van der Waals surface area contributed by atoms with Crippen molar-refractivity contribution >= 4 is 45.8 Å². The predicted molar refractivity (Wildman–Crippen MR) is 131 cm³/mol. The van der Waals surface area contributed by atoms with Gasteiger partial charge in [0.15, 0.2) is 6.61 Å². The van der Waals surface area contributed by atoms with Gasteiger partial charge >= 0.3 is 11.9 Å². The Morgan fingerprint density at radius 3 is 2.23 bits per heavy atom. The van der Waals surface area contributed by atoms with E-state index in [9.17, 15) is 19.2 Å². The Labute approximate surface area is 205 Å². The van der Waals surface area contributed by atoms with Gasteiger partial charge in [-0.3, -0.25) is 9.59 Å². The molecule has 3 rings (SSSR count). The molecule has 35 heavy (non-hydrogen) atoms. The van der Waals surface area contributed by atoms with Crippen molar-refractivity contribution < 1.29 is 33.8 Å². The first-order valence-corrected chi connectivity index (χ1v) is 11.5. The summed E-state index contributed by atoms with van der Waals surface area (Å²) in [6.07, 6.45) is 0. The van der Waals surface area contributed by atoms with Gasteiger partial charge in [0.1, 0.15) is 5.00 Å². The van der Waals surface area contributed by atoms with Gasteiger partial charge in [0.25, 0.3) is 11.8 Å². The number of aliphatic hydroxyl groups excluding tert-OH is 1. The van der Waals surface area contributed by atoms with Gasteiger partial charge in [-0.25, -0.2) is 9.59 Å². The highest BCUT2D eigenvalue weighted by atomic mass is 32.1. The summed E-state index contributed by atoms with van der Waals surface area (Å²) in [6, 6.07) is 14.9. The summed E-state index contributed by atoms with van der Waals surface area (Å²) in [7, 11) is 0. The number of amides is 2. The molecule has 0 spiro atoms. The zero-order chi connectivity index (χ0) is 25.4. The maximum atomic E-state index is 12.8. The third kappa shape index (κ3) is 6.52. The third-order valence-electron chi connectivity index (χ3n) is 4.82. The molecule has 0 radical (unpaired) electrons. The van der Waals surface area contributed by atoms with Crippen LogP contribution in [-0.4, -0.2) is 42.1 Å². The van der Waals surface area contributed by atoms with Crippen LogP contribution in [0.5, 0.6) is 0 Å². The van der Waals surface area contributed by atoms with Crippen molar-refractivity contribution in [2.45, 2.75) is 20.5 Å². The van der Waals surface area contributed by atoms with Crippen LogP contribution in [0.15, 0.2) is 54.6 Å². The van der Waals surface area contributed by atoms with Crippen molar-refractivity contribution in [2.24, 2.45) is 0 Å². The lowest BCUT2D eigenvalue weighted by atomic mass is 10.1. The average molecular weight is 497 g/mol. The number of anilines is 2. The molecule has 0 saturated heterocycles. The predicted octanol–water partition coefficient (Wildman–Crippen LogP) is 3.77. The SMILES string of the molecule is CCOC(=O)c1c(NC(=O)COC(=O)c2ccc(CO)cc2)sc(C(=O)Nc2ccccc2)c1C. The summed E-state index contributed by atoms with van der Waals surface area (Å²) in [5.74, 6) is -2.54. The molecule has 3 N–H and O–H groups in total. The summed E-state index contributed by atoms with van der Waals surface area (Å²) >= 11 is 0.922. The topological polar surface area (TPSA) is 131 Å². The van der Waals surface area contributed by atoms with Crippen LogP contribution in [-0.2, 0) is 20.9 Å². The van der Waals surface area contributed by atoms with Gasteiger partial charge < -0.3 is 25.2 Å². The summed E-state index contributed by atoms with van der Waals surface area (Å²) in [5.41, 5.74) is 1.85. The van der Waals surface area contributed by atoms with E-state index in [1.165, 1.54) is 12.1 Å². The van der Waals surface area contributed by atoms with Gasteiger partial charge in [-0.05, 0) is 49.2 Å². The number of thiophene rings is 1. The number of hydrogen-bond acceptors (Lipinski definition) is 8. The number of benzene rings is 2. The number of hydrogen-bond donors (Lipinski definition) is 3. The molecule has 0 fully saturated rings. The lowest BCUT2D eigenvalue weighted by molar-refractivity contribution is -0.119. The number of esters is 2. The number of ether oxygens (including phenoxy) is 2. The van der Waals surface area contributed by atoms with Crippen LogP contribution < -0.4 is 10.6 Å². The van der Waals surface area contributed by atoms with Crippen LogP contribution in [0, 0.1) is 6.92 Å². The van der Waals surface area contributed by atoms with Gasteiger partial charge in [0.2, 0.25) is 0 Å². The first-order valence-electron chi connectivity index (χ1n) is 10.7. The maximum Gasteiger partial charge on any atom is 0.341 e. The Hall–Kier alpha value is -4.02. The van der Waals surface area contributed by atoms with E-state index < -0.39 is 30.4 Å². The molecule has 0 saturated carbocycles. The van der Waals surface area contributed by atoms with E-state index in [1.54, 1.807) is 50.2 Å². The van der Waals surface area contributed by atoms with Crippen molar-refractivity contribution in [1.82, 2.24) is 0 Å². The molecule has 2 amide bonds. The normalized spacial score (nSPS) is 10.4. The Bertz CT molecular complexity index is 1220. The van der Waals surface area contributed by atoms with Crippen LogP contribution in [0.25, 0.3) is 0 Å². The molecule has 1 heterocycles. The Morgan fingerprint density at radius 2 is 1.60 bits per heavy atom. The smallest absolute Gasteiger partial charge is 0.341 e. The fourth-order valence-corrected chi connectivity index (χ4v) is 4.21. The number of carbonyl (C=O) groups is 4. The molecule has 0 aliphatic rings. The molecule has 10 heteroatoms. The standard InChI is InChI=1S/C25H24N2O7S/c1-3-33-25(32)20-15(2)21(22(30)26-18-7-5-4-6-8-18)35-23(20)27-19(29)14-34-24(31)17-11-9-16(13-28)10-12-17/h4-12,28H,3,13-14H2,1-2H3,(H,26,30)(H,27,29). The number of rotatable bonds is 9. The van der Waals surface area contributed by atoms with E-state index >= 15 is 0 Å². The minimum Gasteiger partial charge on any atom is -0.462 e. The van der Waals surface area contributed by atoms with E-state index in [0.717, 1.165) is 11.3 Å². The number of para-hydroxylation sites is 1. The molecule has 9 nitrogen and oxygen atoms in total. The number of carbonyl (C=O) groups excluding carboxylic acids is 4. The largest absolute Gasteiger partial charge is 0.462 e. The minimum atomic E-state index is -0.722. The van der Waals surface area contributed by atoms with E-state index in [4.69, 9.17) is 14.6 Å². The van der Waals surface area contributed by atoms with Crippen LogP contribution in [0.3, 0.4) is 0 Å². The average Bonchev–Trinajstić information content (AvgIpc) is 3.19. The van der Waals surface area contributed by atoms with Crippen molar-refractivity contribution in [1.29, 1.82) is 0 Å². The summed E-state index contributed by atoms with van der Waals surface area (Å²) < 4.78 is 10.1. The molecule has 2 aromatic carbocycles. The number of nitrogens with one attached hydrogen (secondary N) is 2. The van der Waals surface area contributed by atoms with Gasteiger partial charge in [-0.15, -0.1) is 11.3 Å². The van der Waals surface area contributed by atoms with Crippen LogP contribution >= 0.6 is 11.3 Å². The molecule has 3 aromatic rings. The lowest BCUT2D eigenvalue weighted by Crippen LogP contribution is -2.21. The zero-order valence-electron chi connectivity index (χ0n) is 19.1. The number of aliphatic hydroxyl groups is 1. The van der Waals surface area contributed by atoms with Crippen molar-refractivity contribution in [3.8, 4) is 0 Å². The summed E-state index contributed by atoms with van der Waals surface area (Å²) in [6.45, 7) is 2.58. The van der Waals surface area contributed by atoms with Gasteiger partial charge in [0.05, 0.1) is 29.2 Å². The second-order valence-electron chi connectivity index (χ2n) is 7.28. The molecule has 0 unspecified atom stereocenters. The maximum absolute atomic E-state index is 12.8. The van der Waals surface area contributed by atoms with Gasteiger partial charge in [-0.2, -0.15) is 0 Å². The Balaban J connectivity index is 1.74. The van der Waals surface area contributed by atoms with Crippen molar-refractivity contribution in [3.63, 3.8) is 0 Å². The Kier molecular flexibility index (Phi) is 8.71. The second-order valence-corrected chi connectivity index (χ2v) is 8.30. The van der Waals surface area contributed by atoms with Crippen molar-refractivity contribution in [3.05, 3.63) is 81.7 Å². The van der Waals surface area contributed by atoms with E-state index in [0.29, 0.717) is 16.8 Å². The molecule has 0 atom stereocenters. The lowest BCUT2D eigenvalue weighted by Gasteiger charge is -2.08. The minimum absolute atomic E-state index is 0.0642. The highest BCUT2D eigenvalue weighted by molar-refractivity contribution is 7.19. The van der Waals surface area contributed by atoms with Crippen LogP contribution in [0.4, 0.5) is 10.7 Å². The fourth-order valence-electron chi connectivity index (χ4n) is 3.10. The molecular weight excluding hydrogens is 472 g/mol. The van der Waals surface area contributed by atoms with E-state index in [2.05, 4.69) is 10.6 Å². The van der Waals surface area contributed by atoms with E-state index in [-0.39, 0.29) is 34.2 Å². The quantitative estimate of drug-likeness (QED) is 0.384. The first-order chi connectivity index (χ1) is 16.8. The van der Waals surface area contributed by atoms with Crippen molar-refractivity contribution in [2.75, 3.05) is 23.8 Å². The second kappa shape index (κ2) is 11.9. The molecule has 0 bridgehead atoms. The molecule has 1 aromatic heterocycles. The highest BCUT2D eigenvalue weighted by Crippen LogP contribution is 2.34. The summed E-state index contributed by atoms with van der Waals surface area (Å²) in [4.78, 5) is 50.3. The van der Waals surface area contributed by atoms with Gasteiger partial charge in [-0.1, -0.05) is 30.3 Å². The van der Waals surface area contributed by atoms with Crippen LogP contribution in [0.2, 0.25) is 0 Å². The first kappa shape index (κ1) is 25.6. The fraction of sp³-hybridized carbons (Fsp3) is 0.200. The molecular formula is C25H24N2O7S. The monoisotopic (exact) mass is 496 g/mol. The zero-order valence-corrected chi connectivity index (χ0v) is 19.9. The molecule has 0 aliphatic heterocycles. The molecule has 0 aliphatic carbocycles. The highest BCUT2D eigenvalue weighted by Gasteiger charge is 2.27. The van der Waals surface area contributed by atoms with Gasteiger partial charge in [0, 0.05) is 5.69 Å². The third-order valence-corrected chi connectivity index (χ3v) is 6.03. The Morgan fingerprint density at radius 1 is 0.914 bits per heavy atom. The molecule has 182 valence electrons. The summed E-state index contributed by atoms with van der Waals surface area (Å²) in [5, 5.41) is 14.5. The van der Waals surface area contributed by atoms with Crippen LogP contribution in [0.1, 0.15) is 48.4 Å².